The Balaban J connectivity index is 1.63. The highest BCUT2D eigenvalue weighted by Crippen LogP contribution is 2.29. The fourth-order valence-electron chi connectivity index (χ4n) is 2.36. The molecule has 3 aromatic rings. The van der Waals surface area contributed by atoms with Gasteiger partial charge in [0.15, 0.2) is 11.7 Å². The van der Waals surface area contributed by atoms with Crippen LogP contribution in [0.15, 0.2) is 41.8 Å². The van der Waals surface area contributed by atoms with Gasteiger partial charge in [0.25, 0.3) is 5.91 Å². The lowest BCUT2D eigenvalue weighted by Crippen LogP contribution is -2.20. The summed E-state index contributed by atoms with van der Waals surface area (Å²) in [5, 5.41) is 6.06. The Morgan fingerprint density at radius 2 is 2.00 bits per heavy atom. The SMILES string of the molecule is Cc1ccc(C)c(-c2csc(NC(=O)COc3ccc(Cl)cc3Cl)n2)c1. The van der Waals surface area contributed by atoms with Crippen LogP contribution in [0.25, 0.3) is 11.3 Å². The molecule has 0 spiro atoms. The summed E-state index contributed by atoms with van der Waals surface area (Å²) in [6.45, 7) is 3.91. The first-order valence-corrected chi connectivity index (χ1v) is 9.47. The number of ether oxygens (including phenoxy) is 1. The minimum Gasteiger partial charge on any atom is -0.482 e. The van der Waals surface area contributed by atoms with Gasteiger partial charge in [0.05, 0.1) is 10.7 Å². The molecule has 26 heavy (non-hydrogen) atoms. The third-order valence-corrected chi connectivity index (χ3v) is 4.96. The number of hydrogen-bond acceptors (Lipinski definition) is 4. The lowest BCUT2D eigenvalue weighted by molar-refractivity contribution is -0.118. The van der Waals surface area contributed by atoms with E-state index in [0.717, 1.165) is 22.4 Å². The van der Waals surface area contributed by atoms with Gasteiger partial charge in [-0.15, -0.1) is 11.3 Å². The maximum Gasteiger partial charge on any atom is 0.264 e. The number of halogens is 2. The monoisotopic (exact) mass is 406 g/mol. The van der Waals surface area contributed by atoms with E-state index in [4.69, 9.17) is 27.9 Å². The highest BCUT2D eigenvalue weighted by atomic mass is 35.5. The second kappa shape index (κ2) is 8.08. The standard InChI is InChI=1S/C19H16Cl2N2O2S/c1-11-3-4-12(2)14(7-11)16-10-26-19(22-16)23-18(24)9-25-17-6-5-13(20)8-15(17)21/h3-8,10H,9H2,1-2H3,(H,22,23,24). The molecule has 0 unspecified atom stereocenters. The van der Waals surface area contributed by atoms with Crippen molar-refractivity contribution >= 4 is 45.6 Å². The van der Waals surface area contributed by atoms with E-state index in [1.807, 2.05) is 19.2 Å². The molecule has 0 bridgehead atoms. The van der Waals surface area contributed by atoms with Crippen molar-refractivity contribution in [2.24, 2.45) is 0 Å². The summed E-state index contributed by atoms with van der Waals surface area (Å²) in [5.74, 6) is 0.0966. The van der Waals surface area contributed by atoms with Crippen LogP contribution >= 0.6 is 34.5 Å². The van der Waals surface area contributed by atoms with Crippen molar-refractivity contribution in [3.8, 4) is 17.0 Å². The summed E-state index contributed by atoms with van der Waals surface area (Å²) < 4.78 is 5.43. The van der Waals surface area contributed by atoms with Gasteiger partial charge in [-0.25, -0.2) is 4.98 Å². The largest absolute Gasteiger partial charge is 0.482 e. The fraction of sp³-hybridized carbons (Fsp3) is 0.158. The summed E-state index contributed by atoms with van der Waals surface area (Å²) >= 11 is 13.2. The molecular formula is C19H16Cl2N2O2S. The van der Waals surface area contributed by atoms with Crippen LogP contribution in [0.3, 0.4) is 0 Å². The first kappa shape index (κ1) is 18.7. The third kappa shape index (κ3) is 4.55. The van der Waals surface area contributed by atoms with Gasteiger partial charge in [-0.1, -0.05) is 40.9 Å². The van der Waals surface area contributed by atoms with Gasteiger partial charge < -0.3 is 4.74 Å². The molecule has 0 aliphatic heterocycles. The molecule has 0 radical (unpaired) electrons. The van der Waals surface area contributed by atoms with E-state index < -0.39 is 0 Å². The molecule has 2 aromatic carbocycles. The van der Waals surface area contributed by atoms with Gasteiger partial charge >= 0.3 is 0 Å². The van der Waals surface area contributed by atoms with E-state index >= 15 is 0 Å². The average molecular weight is 407 g/mol. The number of aryl methyl sites for hydroxylation is 2. The number of thiazole rings is 1. The lowest BCUT2D eigenvalue weighted by Gasteiger charge is -2.07. The minimum absolute atomic E-state index is 0.167. The van der Waals surface area contributed by atoms with Crippen LogP contribution in [0, 0.1) is 13.8 Å². The van der Waals surface area contributed by atoms with E-state index in [9.17, 15) is 4.79 Å². The molecule has 0 aliphatic rings. The maximum absolute atomic E-state index is 12.1. The van der Waals surface area contributed by atoms with Crippen LogP contribution in [-0.4, -0.2) is 17.5 Å². The van der Waals surface area contributed by atoms with Crippen LogP contribution in [0.4, 0.5) is 5.13 Å². The van der Waals surface area contributed by atoms with Crippen molar-refractivity contribution in [1.29, 1.82) is 0 Å². The third-order valence-electron chi connectivity index (χ3n) is 3.67. The van der Waals surface area contributed by atoms with E-state index in [0.29, 0.717) is 20.9 Å². The Labute approximate surface area is 165 Å². The average Bonchev–Trinajstić information content (AvgIpc) is 3.04. The van der Waals surface area contributed by atoms with Crippen LogP contribution < -0.4 is 10.1 Å². The summed E-state index contributed by atoms with van der Waals surface area (Å²) in [5.41, 5.74) is 4.20. The molecule has 3 rings (SSSR count). The topological polar surface area (TPSA) is 51.2 Å². The summed E-state index contributed by atoms with van der Waals surface area (Å²) in [7, 11) is 0. The number of carbonyl (C=O) groups is 1. The number of benzene rings is 2. The molecular weight excluding hydrogens is 391 g/mol. The maximum atomic E-state index is 12.1. The number of nitrogens with zero attached hydrogens (tertiary/aromatic N) is 1. The van der Waals surface area contributed by atoms with E-state index in [-0.39, 0.29) is 12.5 Å². The van der Waals surface area contributed by atoms with Gasteiger partial charge in [-0.3, -0.25) is 10.1 Å². The Morgan fingerprint density at radius 3 is 2.77 bits per heavy atom. The quantitative estimate of drug-likeness (QED) is 0.586. The Morgan fingerprint density at radius 1 is 1.19 bits per heavy atom. The molecule has 7 heteroatoms. The summed E-state index contributed by atoms with van der Waals surface area (Å²) in [6.07, 6.45) is 0. The van der Waals surface area contributed by atoms with Crippen molar-refractivity contribution in [2.75, 3.05) is 11.9 Å². The Bertz CT molecular complexity index is 956. The number of hydrogen-bond donors (Lipinski definition) is 1. The van der Waals surface area contributed by atoms with Gasteiger partial charge in [-0.2, -0.15) is 0 Å². The number of nitrogens with one attached hydrogen (secondary N) is 1. The van der Waals surface area contributed by atoms with E-state index in [2.05, 4.69) is 28.5 Å². The van der Waals surface area contributed by atoms with Crippen molar-refractivity contribution in [2.45, 2.75) is 13.8 Å². The summed E-state index contributed by atoms with van der Waals surface area (Å²) in [4.78, 5) is 16.6. The molecule has 0 fully saturated rings. The molecule has 0 saturated carbocycles. The van der Waals surface area contributed by atoms with Crippen molar-refractivity contribution in [3.63, 3.8) is 0 Å². The fourth-order valence-corrected chi connectivity index (χ4v) is 3.55. The Kier molecular flexibility index (Phi) is 5.81. The second-order valence-electron chi connectivity index (χ2n) is 5.77. The van der Waals surface area contributed by atoms with E-state index in [1.54, 1.807) is 18.2 Å². The lowest BCUT2D eigenvalue weighted by atomic mass is 10.0. The minimum atomic E-state index is -0.308. The molecule has 0 atom stereocenters. The van der Waals surface area contributed by atoms with Crippen LogP contribution in [0.5, 0.6) is 5.75 Å². The first-order chi connectivity index (χ1) is 12.4. The predicted molar refractivity (Wildman–Crippen MR) is 108 cm³/mol. The van der Waals surface area contributed by atoms with Crippen LogP contribution in [0.1, 0.15) is 11.1 Å². The van der Waals surface area contributed by atoms with Gasteiger partial charge in [0.1, 0.15) is 5.75 Å². The zero-order valence-corrected chi connectivity index (χ0v) is 16.5. The number of aromatic nitrogens is 1. The molecule has 1 N–H and O–H groups in total. The molecule has 4 nitrogen and oxygen atoms in total. The zero-order chi connectivity index (χ0) is 18.7. The number of carbonyl (C=O) groups excluding carboxylic acids is 1. The number of amides is 1. The number of rotatable bonds is 5. The van der Waals surface area contributed by atoms with Gasteiger partial charge in [0, 0.05) is 16.0 Å². The first-order valence-electron chi connectivity index (χ1n) is 7.83. The molecule has 0 aliphatic carbocycles. The van der Waals surface area contributed by atoms with Gasteiger partial charge in [-0.05, 0) is 43.7 Å². The van der Waals surface area contributed by atoms with Crippen molar-refractivity contribution in [3.05, 3.63) is 63.0 Å². The van der Waals surface area contributed by atoms with E-state index in [1.165, 1.54) is 11.3 Å². The molecule has 1 heterocycles. The normalized spacial score (nSPS) is 10.6. The summed E-state index contributed by atoms with van der Waals surface area (Å²) in [6, 6.07) is 11.0. The molecule has 134 valence electrons. The van der Waals surface area contributed by atoms with Crippen molar-refractivity contribution in [1.82, 2.24) is 4.98 Å². The smallest absolute Gasteiger partial charge is 0.264 e. The predicted octanol–water partition coefficient (Wildman–Crippen LogP) is 5.75. The highest BCUT2D eigenvalue weighted by Gasteiger charge is 2.11. The second-order valence-corrected chi connectivity index (χ2v) is 7.47. The van der Waals surface area contributed by atoms with Crippen molar-refractivity contribution < 1.29 is 9.53 Å². The van der Waals surface area contributed by atoms with Crippen LogP contribution in [0.2, 0.25) is 10.0 Å². The molecule has 0 saturated heterocycles. The van der Waals surface area contributed by atoms with Crippen LogP contribution in [-0.2, 0) is 4.79 Å². The Hall–Kier alpha value is -2.08. The number of anilines is 1. The zero-order valence-electron chi connectivity index (χ0n) is 14.2. The van der Waals surface area contributed by atoms with Gasteiger partial charge in [0.2, 0.25) is 0 Å². The highest BCUT2D eigenvalue weighted by molar-refractivity contribution is 7.14. The molecule has 1 amide bonds. The molecule has 1 aromatic heterocycles.